The van der Waals surface area contributed by atoms with E-state index in [0.29, 0.717) is 12.2 Å². The van der Waals surface area contributed by atoms with Crippen LogP contribution >= 0.6 is 0 Å². The van der Waals surface area contributed by atoms with Crippen molar-refractivity contribution in [1.29, 1.82) is 0 Å². The maximum absolute atomic E-state index is 12.2. The quantitative estimate of drug-likeness (QED) is 0.819. The summed E-state index contributed by atoms with van der Waals surface area (Å²) in [4.78, 5) is 12.2. The monoisotopic (exact) mass is 327 g/mol. The summed E-state index contributed by atoms with van der Waals surface area (Å²) in [6.07, 6.45) is -0.744. The lowest BCUT2D eigenvalue weighted by Crippen LogP contribution is -2.41. The Kier molecular flexibility index (Phi) is 6.38. The average molecular weight is 327 g/mol. The number of amides is 1. The van der Waals surface area contributed by atoms with Crippen molar-refractivity contribution in [3.63, 3.8) is 0 Å². The van der Waals surface area contributed by atoms with E-state index in [9.17, 15) is 9.90 Å². The highest BCUT2D eigenvalue weighted by molar-refractivity contribution is 5.80. The number of aryl methyl sites for hydroxylation is 1. The van der Waals surface area contributed by atoms with Gasteiger partial charge in [0.15, 0.2) is 6.10 Å². The van der Waals surface area contributed by atoms with Crippen LogP contribution in [0.1, 0.15) is 37.5 Å². The molecule has 3 atom stereocenters. The first kappa shape index (κ1) is 18.0. The van der Waals surface area contributed by atoms with Gasteiger partial charge in [-0.3, -0.25) is 4.79 Å². The van der Waals surface area contributed by atoms with Gasteiger partial charge in [-0.05, 0) is 44.9 Å². The maximum Gasteiger partial charge on any atom is 0.260 e. The van der Waals surface area contributed by atoms with Crippen molar-refractivity contribution < 1.29 is 14.6 Å². The van der Waals surface area contributed by atoms with Crippen LogP contribution in [0.25, 0.3) is 0 Å². The molecule has 128 valence electrons. The Morgan fingerprint density at radius 1 is 1.08 bits per heavy atom. The normalized spacial score (nSPS) is 14.5. The van der Waals surface area contributed by atoms with Gasteiger partial charge in [0.05, 0.1) is 6.10 Å². The van der Waals surface area contributed by atoms with E-state index in [-0.39, 0.29) is 11.9 Å². The number of hydrogen-bond acceptors (Lipinski definition) is 3. The summed E-state index contributed by atoms with van der Waals surface area (Å²) in [5.74, 6) is 0.476. The second-order valence-corrected chi connectivity index (χ2v) is 6.14. The van der Waals surface area contributed by atoms with Crippen molar-refractivity contribution in [3.05, 3.63) is 65.7 Å². The van der Waals surface area contributed by atoms with Gasteiger partial charge in [-0.25, -0.2) is 0 Å². The van der Waals surface area contributed by atoms with E-state index in [1.54, 1.807) is 6.92 Å². The predicted molar refractivity (Wildman–Crippen MR) is 94.9 cm³/mol. The molecule has 2 aromatic rings. The van der Waals surface area contributed by atoms with E-state index in [4.69, 9.17) is 4.74 Å². The van der Waals surface area contributed by atoms with Crippen molar-refractivity contribution in [2.75, 3.05) is 0 Å². The Morgan fingerprint density at radius 3 is 2.33 bits per heavy atom. The smallest absolute Gasteiger partial charge is 0.260 e. The molecule has 0 heterocycles. The standard InChI is InChI=1S/C20H25NO3/c1-14-9-11-18(12-10-14)24-16(3)20(23)21-15(2)13-19(22)17-7-5-4-6-8-17/h4-12,15-16,19,22H,13H2,1-3H3,(H,21,23)/t15-,16+,19-/m0/s1. The van der Waals surface area contributed by atoms with Crippen LogP contribution in [0.3, 0.4) is 0 Å². The van der Waals surface area contributed by atoms with Gasteiger partial charge in [0.25, 0.3) is 5.91 Å². The molecule has 0 aliphatic rings. The van der Waals surface area contributed by atoms with Crippen molar-refractivity contribution in [2.24, 2.45) is 0 Å². The van der Waals surface area contributed by atoms with Crippen LogP contribution in [0.2, 0.25) is 0 Å². The van der Waals surface area contributed by atoms with Crippen LogP contribution < -0.4 is 10.1 Å². The molecule has 0 fully saturated rings. The summed E-state index contributed by atoms with van der Waals surface area (Å²) in [6.45, 7) is 5.60. The van der Waals surface area contributed by atoms with E-state index in [2.05, 4.69) is 5.32 Å². The molecule has 0 radical (unpaired) electrons. The SMILES string of the molecule is Cc1ccc(O[C@H](C)C(=O)N[C@@H](C)C[C@H](O)c2ccccc2)cc1. The molecule has 2 rings (SSSR count). The fraction of sp³-hybridized carbons (Fsp3) is 0.350. The molecule has 4 nitrogen and oxygen atoms in total. The lowest BCUT2D eigenvalue weighted by atomic mass is 10.0. The van der Waals surface area contributed by atoms with E-state index >= 15 is 0 Å². The highest BCUT2D eigenvalue weighted by Crippen LogP contribution is 2.18. The number of ether oxygens (including phenoxy) is 1. The second kappa shape index (κ2) is 8.50. The largest absolute Gasteiger partial charge is 0.481 e. The third-order valence-corrected chi connectivity index (χ3v) is 3.85. The fourth-order valence-electron chi connectivity index (χ4n) is 2.44. The number of carbonyl (C=O) groups excluding carboxylic acids is 1. The summed E-state index contributed by atoms with van der Waals surface area (Å²) in [7, 11) is 0. The average Bonchev–Trinajstić information content (AvgIpc) is 2.57. The van der Waals surface area contributed by atoms with Crippen LogP contribution in [0.4, 0.5) is 0 Å². The highest BCUT2D eigenvalue weighted by atomic mass is 16.5. The molecule has 0 aliphatic carbocycles. The van der Waals surface area contributed by atoms with Gasteiger partial charge in [0.2, 0.25) is 0 Å². The summed E-state index contributed by atoms with van der Waals surface area (Å²) in [6, 6.07) is 16.9. The molecule has 0 unspecified atom stereocenters. The van der Waals surface area contributed by atoms with Gasteiger partial charge in [0.1, 0.15) is 5.75 Å². The minimum Gasteiger partial charge on any atom is -0.481 e. The first-order valence-electron chi connectivity index (χ1n) is 8.22. The van der Waals surface area contributed by atoms with Crippen LogP contribution in [0.5, 0.6) is 5.75 Å². The Hall–Kier alpha value is -2.33. The number of aliphatic hydroxyl groups is 1. The number of benzene rings is 2. The van der Waals surface area contributed by atoms with Crippen LogP contribution in [0.15, 0.2) is 54.6 Å². The topological polar surface area (TPSA) is 58.6 Å². The third kappa shape index (κ3) is 5.39. The summed E-state index contributed by atoms with van der Waals surface area (Å²) in [5, 5.41) is 13.1. The molecule has 0 saturated heterocycles. The molecule has 4 heteroatoms. The highest BCUT2D eigenvalue weighted by Gasteiger charge is 2.19. The van der Waals surface area contributed by atoms with Crippen molar-refractivity contribution in [2.45, 2.75) is 45.4 Å². The van der Waals surface area contributed by atoms with Crippen molar-refractivity contribution in [3.8, 4) is 5.75 Å². The summed E-state index contributed by atoms with van der Waals surface area (Å²) >= 11 is 0. The number of rotatable bonds is 7. The first-order valence-corrected chi connectivity index (χ1v) is 8.22. The molecular formula is C20H25NO3. The second-order valence-electron chi connectivity index (χ2n) is 6.14. The zero-order chi connectivity index (χ0) is 17.5. The van der Waals surface area contributed by atoms with Gasteiger partial charge in [-0.15, -0.1) is 0 Å². The molecule has 1 amide bonds. The molecule has 24 heavy (non-hydrogen) atoms. The Labute approximate surface area is 143 Å². The molecule has 2 aromatic carbocycles. The fourth-order valence-corrected chi connectivity index (χ4v) is 2.44. The molecule has 0 aliphatic heterocycles. The Bertz CT molecular complexity index is 640. The number of aliphatic hydroxyl groups excluding tert-OH is 1. The van der Waals surface area contributed by atoms with Crippen molar-refractivity contribution in [1.82, 2.24) is 5.32 Å². The van der Waals surface area contributed by atoms with Gasteiger partial charge in [0, 0.05) is 6.04 Å². The van der Waals surface area contributed by atoms with Crippen LogP contribution in [-0.2, 0) is 4.79 Å². The first-order chi connectivity index (χ1) is 11.5. The Morgan fingerprint density at radius 2 is 1.71 bits per heavy atom. The molecule has 0 bridgehead atoms. The van der Waals surface area contributed by atoms with E-state index in [0.717, 1.165) is 11.1 Å². The van der Waals surface area contributed by atoms with E-state index < -0.39 is 12.2 Å². The molecule has 0 saturated carbocycles. The van der Waals surface area contributed by atoms with E-state index in [1.165, 1.54) is 0 Å². The molecule has 0 spiro atoms. The molecular weight excluding hydrogens is 302 g/mol. The lowest BCUT2D eigenvalue weighted by Gasteiger charge is -2.21. The van der Waals surface area contributed by atoms with Crippen molar-refractivity contribution >= 4 is 5.91 Å². The predicted octanol–water partition coefficient (Wildman–Crippen LogP) is 3.39. The third-order valence-electron chi connectivity index (χ3n) is 3.85. The summed E-state index contributed by atoms with van der Waals surface area (Å²) in [5.41, 5.74) is 1.99. The van der Waals surface area contributed by atoms with Crippen LogP contribution in [0, 0.1) is 6.92 Å². The van der Waals surface area contributed by atoms with Gasteiger partial charge in [-0.2, -0.15) is 0 Å². The molecule has 2 N–H and O–H groups in total. The summed E-state index contributed by atoms with van der Waals surface area (Å²) < 4.78 is 5.65. The van der Waals surface area contributed by atoms with Gasteiger partial charge >= 0.3 is 0 Å². The minimum absolute atomic E-state index is 0.156. The lowest BCUT2D eigenvalue weighted by molar-refractivity contribution is -0.128. The van der Waals surface area contributed by atoms with Gasteiger partial charge < -0.3 is 15.2 Å². The van der Waals surface area contributed by atoms with E-state index in [1.807, 2.05) is 68.4 Å². The minimum atomic E-state index is -0.602. The number of carbonyl (C=O) groups is 1. The van der Waals surface area contributed by atoms with Crippen LogP contribution in [-0.4, -0.2) is 23.2 Å². The zero-order valence-corrected chi connectivity index (χ0v) is 14.4. The van der Waals surface area contributed by atoms with Gasteiger partial charge in [-0.1, -0.05) is 48.0 Å². The Balaban J connectivity index is 1.83. The number of nitrogens with one attached hydrogen (secondary N) is 1. The number of hydrogen-bond donors (Lipinski definition) is 2. The molecule has 0 aromatic heterocycles. The zero-order valence-electron chi connectivity index (χ0n) is 14.4. The maximum atomic E-state index is 12.2.